The minimum Gasteiger partial charge on any atom is -0.342 e. The van der Waals surface area contributed by atoms with E-state index in [1.807, 2.05) is 31.2 Å². The van der Waals surface area contributed by atoms with E-state index in [-0.39, 0.29) is 5.91 Å². The van der Waals surface area contributed by atoms with Gasteiger partial charge in [0, 0.05) is 30.2 Å². The predicted molar refractivity (Wildman–Crippen MR) is 123 cm³/mol. The molecule has 172 valence electrons. The van der Waals surface area contributed by atoms with E-state index in [9.17, 15) is 13.4 Å². The summed E-state index contributed by atoms with van der Waals surface area (Å²) in [6, 6.07) is 9.25. The van der Waals surface area contributed by atoms with Gasteiger partial charge in [-0.15, -0.1) is 0 Å². The van der Waals surface area contributed by atoms with Crippen molar-refractivity contribution in [1.82, 2.24) is 24.2 Å². The fourth-order valence-corrected chi connectivity index (χ4v) is 3.30. The van der Waals surface area contributed by atoms with Crippen LogP contribution in [0.5, 0.6) is 0 Å². The maximum absolute atomic E-state index is 12.9. The molecular weight excluding hydrogens is 447 g/mol. The summed E-state index contributed by atoms with van der Waals surface area (Å²) < 4.78 is 31.6. The molecule has 0 radical (unpaired) electrons. The monoisotopic (exact) mass is 470 g/mol. The zero-order valence-electron chi connectivity index (χ0n) is 18.1. The van der Waals surface area contributed by atoms with Crippen molar-refractivity contribution in [3.05, 3.63) is 65.9 Å². The first-order valence-electron chi connectivity index (χ1n) is 10.3. The molecule has 0 aliphatic heterocycles. The summed E-state index contributed by atoms with van der Waals surface area (Å²) >= 11 is 0. The number of amides is 1. The summed E-state index contributed by atoms with van der Waals surface area (Å²) in [5.41, 5.74) is 4.26. The van der Waals surface area contributed by atoms with Crippen molar-refractivity contribution in [2.24, 2.45) is 0 Å². The number of rotatable bonds is 6. The highest BCUT2D eigenvalue weighted by Gasteiger charge is 2.18. The first-order chi connectivity index (χ1) is 15.9. The van der Waals surface area contributed by atoms with Crippen molar-refractivity contribution in [3.8, 4) is 11.4 Å². The molecule has 5 rings (SSSR count). The highest BCUT2D eigenvalue weighted by atomic mass is 32.2. The molecule has 11 heteroatoms. The van der Waals surface area contributed by atoms with Crippen LogP contribution < -0.4 is 10.0 Å². The number of nitrogens with one attached hydrogen (secondary N) is 2. The SMILES string of the molecule is Cc1ccc(-c2ncon2)cc1NC(=O)c1cnc2cc(CNS(C)=O)ccn12.FC1CC1. The van der Waals surface area contributed by atoms with Gasteiger partial charge in [-0.3, -0.25) is 9.20 Å². The van der Waals surface area contributed by atoms with Gasteiger partial charge in [0.1, 0.15) is 17.5 Å². The van der Waals surface area contributed by atoms with Gasteiger partial charge in [-0.2, -0.15) is 4.98 Å². The third kappa shape index (κ3) is 5.88. The molecule has 0 bridgehead atoms. The fraction of sp³-hybridized carbons (Fsp3) is 0.273. The summed E-state index contributed by atoms with van der Waals surface area (Å²) in [7, 11) is -1.10. The number of pyridine rings is 1. The summed E-state index contributed by atoms with van der Waals surface area (Å²) in [6.45, 7) is 2.36. The zero-order chi connectivity index (χ0) is 23.4. The lowest BCUT2D eigenvalue weighted by molar-refractivity contribution is 0.102. The molecule has 1 aliphatic rings. The predicted octanol–water partition coefficient (Wildman–Crippen LogP) is 3.45. The van der Waals surface area contributed by atoms with Gasteiger partial charge in [0.25, 0.3) is 5.91 Å². The van der Waals surface area contributed by atoms with Gasteiger partial charge in [0.05, 0.1) is 17.2 Å². The van der Waals surface area contributed by atoms with Crippen LogP contribution in [0, 0.1) is 6.92 Å². The fourth-order valence-electron chi connectivity index (χ4n) is 2.93. The molecule has 0 spiro atoms. The van der Waals surface area contributed by atoms with Crippen molar-refractivity contribution in [3.63, 3.8) is 0 Å². The van der Waals surface area contributed by atoms with Crippen LogP contribution in [0.1, 0.15) is 34.5 Å². The molecule has 3 heterocycles. The molecule has 9 nitrogen and oxygen atoms in total. The Hall–Kier alpha value is -3.44. The van der Waals surface area contributed by atoms with E-state index < -0.39 is 17.2 Å². The number of carbonyl (C=O) groups is 1. The van der Waals surface area contributed by atoms with Gasteiger partial charge >= 0.3 is 0 Å². The van der Waals surface area contributed by atoms with Crippen LogP contribution in [0.15, 0.2) is 53.6 Å². The molecule has 0 saturated heterocycles. The number of hydrogen-bond acceptors (Lipinski definition) is 6. The zero-order valence-corrected chi connectivity index (χ0v) is 18.9. The standard InChI is InChI=1S/C19H18N6O3S.C3H5F/c1-12-3-4-14(18-21-11-28-24-18)8-15(12)23-19(26)16-10-20-17-7-13(5-6-25(16)17)9-22-29(2)27;4-3-1-2-3/h3-8,10-11,22H,9H2,1-2H3,(H,23,26);3H,1-2H2. The first-order valence-corrected chi connectivity index (χ1v) is 11.8. The number of aromatic nitrogens is 4. The Bertz CT molecular complexity index is 1290. The number of fused-ring (bicyclic) bond motifs is 1. The van der Waals surface area contributed by atoms with E-state index in [1.165, 1.54) is 12.6 Å². The molecule has 1 atom stereocenters. The average molecular weight is 471 g/mol. The minimum atomic E-state index is -1.10. The van der Waals surface area contributed by atoms with Crippen LogP contribution in [0.25, 0.3) is 17.0 Å². The Morgan fingerprint density at radius 2 is 2.06 bits per heavy atom. The van der Waals surface area contributed by atoms with E-state index in [4.69, 9.17) is 4.52 Å². The molecule has 1 aromatic carbocycles. The lowest BCUT2D eigenvalue weighted by atomic mass is 10.1. The molecule has 1 aliphatic carbocycles. The second kappa shape index (κ2) is 10.0. The highest BCUT2D eigenvalue weighted by molar-refractivity contribution is 7.82. The minimum absolute atomic E-state index is 0.286. The van der Waals surface area contributed by atoms with Crippen molar-refractivity contribution in [2.75, 3.05) is 11.6 Å². The van der Waals surface area contributed by atoms with Gasteiger partial charge in [-0.25, -0.2) is 18.3 Å². The Kier molecular flexibility index (Phi) is 6.90. The van der Waals surface area contributed by atoms with Crippen LogP contribution >= 0.6 is 0 Å². The van der Waals surface area contributed by atoms with Crippen molar-refractivity contribution in [2.45, 2.75) is 32.5 Å². The van der Waals surface area contributed by atoms with E-state index >= 15 is 0 Å². The normalized spacial score (nSPS) is 13.9. The number of aryl methyl sites for hydroxylation is 1. The number of anilines is 1. The maximum atomic E-state index is 12.9. The first kappa shape index (κ1) is 22.7. The Labute approximate surface area is 192 Å². The number of nitrogens with zero attached hydrogens (tertiary/aromatic N) is 4. The number of carbonyl (C=O) groups excluding carboxylic acids is 1. The van der Waals surface area contributed by atoms with Gasteiger partial charge < -0.3 is 9.84 Å². The van der Waals surface area contributed by atoms with Crippen molar-refractivity contribution < 1.29 is 17.9 Å². The van der Waals surface area contributed by atoms with Crippen LogP contribution in [0.3, 0.4) is 0 Å². The smallest absolute Gasteiger partial charge is 0.274 e. The third-order valence-corrected chi connectivity index (χ3v) is 5.45. The van der Waals surface area contributed by atoms with Crippen LogP contribution in [-0.2, 0) is 17.5 Å². The van der Waals surface area contributed by atoms with E-state index in [0.29, 0.717) is 29.4 Å². The molecule has 1 fully saturated rings. The largest absolute Gasteiger partial charge is 0.342 e. The van der Waals surface area contributed by atoms with E-state index in [0.717, 1.165) is 29.5 Å². The molecule has 1 amide bonds. The third-order valence-electron chi connectivity index (χ3n) is 4.90. The Morgan fingerprint density at radius 1 is 1.27 bits per heavy atom. The summed E-state index contributed by atoms with van der Waals surface area (Å²) in [5, 5.41) is 6.75. The lowest BCUT2D eigenvalue weighted by Crippen LogP contribution is -2.16. The Morgan fingerprint density at radius 3 is 2.73 bits per heavy atom. The topological polar surface area (TPSA) is 114 Å². The number of halogens is 1. The summed E-state index contributed by atoms with van der Waals surface area (Å²) in [4.78, 5) is 21.2. The van der Waals surface area contributed by atoms with Gasteiger partial charge in [0.2, 0.25) is 12.2 Å². The molecule has 1 saturated carbocycles. The van der Waals surface area contributed by atoms with Gasteiger partial charge in [0.15, 0.2) is 0 Å². The molecule has 4 aromatic rings. The Balaban J connectivity index is 0.000000586. The van der Waals surface area contributed by atoms with Crippen LogP contribution in [0.2, 0.25) is 0 Å². The maximum Gasteiger partial charge on any atom is 0.274 e. The van der Waals surface area contributed by atoms with Crippen LogP contribution in [-0.4, -0.2) is 42.1 Å². The van der Waals surface area contributed by atoms with Crippen molar-refractivity contribution >= 4 is 28.2 Å². The number of benzene rings is 1. The number of alkyl halides is 1. The van der Waals surface area contributed by atoms with Gasteiger partial charge in [-0.1, -0.05) is 17.3 Å². The van der Waals surface area contributed by atoms with Gasteiger partial charge in [-0.05, 0) is 49.1 Å². The van der Waals surface area contributed by atoms with E-state index in [2.05, 4.69) is 25.2 Å². The number of imidazole rings is 1. The highest BCUT2D eigenvalue weighted by Crippen LogP contribution is 2.24. The number of hydrogen-bond donors (Lipinski definition) is 2. The van der Waals surface area contributed by atoms with E-state index in [1.54, 1.807) is 22.9 Å². The quantitative estimate of drug-likeness (QED) is 0.446. The van der Waals surface area contributed by atoms with Crippen LogP contribution in [0.4, 0.5) is 10.1 Å². The molecule has 2 N–H and O–H groups in total. The lowest BCUT2D eigenvalue weighted by Gasteiger charge is -2.10. The molecule has 3 aromatic heterocycles. The second-order valence-corrected chi connectivity index (χ2v) is 8.79. The van der Waals surface area contributed by atoms with Crippen molar-refractivity contribution in [1.29, 1.82) is 0 Å². The molecule has 33 heavy (non-hydrogen) atoms. The average Bonchev–Trinajstić information content (AvgIpc) is 3.25. The summed E-state index contributed by atoms with van der Waals surface area (Å²) in [6.07, 6.45) is 7.35. The molecular formula is C22H23FN6O3S. The summed E-state index contributed by atoms with van der Waals surface area (Å²) in [5.74, 6) is 0.163. The molecule has 1 unspecified atom stereocenters. The second-order valence-electron chi connectivity index (χ2n) is 7.60.